The van der Waals surface area contributed by atoms with Gasteiger partial charge in [0.15, 0.2) is 0 Å². The SMILES string of the molecule is N#CC1(NO)CCCC1. The minimum Gasteiger partial charge on any atom is -0.315 e. The Morgan fingerprint density at radius 3 is 2.22 bits per heavy atom. The van der Waals surface area contributed by atoms with Gasteiger partial charge in [0.1, 0.15) is 5.54 Å². The number of rotatable bonds is 1. The molecule has 1 aliphatic carbocycles. The van der Waals surface area contributed by atoms with Crippen LogP contribution in [-0.4, -0.2) is 10.7 Å². The maximum atomic E-state index is 8.54. The van der Waals surface area contributed by atoms with Gasteiger partial charge in [-0.3, -0.25) is 0 Å². The molecule has 0 spiro atoms. The van der Waals surface area contributed by atoms with Crippen LogP contribution in [0.15, 0.2) is 0 Å². The molecule has 50 valence electrons. The highest BCUT2D eigenvalue weighted by atomic mass is 16.5. The van der Waals surface area contributed by atoms with Gasteiger partial charge < -0.3 is 5.21 Å². The van der Waals surface area contributed by atoms with E-state index in [1.165, 1.54) is 0 Å². The van der Waals surface area contributed by atoms with Crippen LogP contribution in [0, 0.1) is 11.3 Å². The van der Waals surface area contributed by atoms with E-state index in [0.717, 1.165) is 25.7 Å². The molecule has 9 heavy (non-hydrogen) atoms. The predicted molar refractivity (Wildman–Crippen MR) is 31.7 cm³/mol. The van der Waals surface area contributed by atoms with Crippen LogP contribution in [-0.2, 0) is 0 Å². The molecule has 0 unspecified atom stereocenters. The van der Waals surface area contributed by atoms with Crippen molar-refractivity contribution in [2.24, 2.45) is 0 Å². The zero-order valence-corrected chi connectivity index (χ0v) is 5.22. The van der Waals surface area contributed by atoms with Crippen molar-refractivity contribution in [1.82, 2.24) is 5.48 Å². The first-order chi connectivity index (χ1) is 4.33. The fourth-order valence-electron chi connectivity index (χ4n) is 1.23. The Bertz CT molecular complexity index is 132. The normalized spacial score (nSPS) is 23.6. The monoisotopic (exact) mass is 126 g/mol. The quantitative estimate of drug-likeness (QED) is 0.511. The Labute approximate surface area is 54.2 Å². The van der Waals surface area contributed by atoms with Gasteiger partial charge in [0, 0.05) is 0 Å². The fraction of sp³-hybridized carbons (Fsp3) is 0.833. The first kappa shape index (κ1) is 6.53. The number of hydrogen-bond acceptors (Lipinski definition) is 3. The number of hydroxylamine groups is 1. The summed E-state index contributed by atoms with van der Waals surface area (Å²) in [5.74, 6) is 0. The topological polar surface area (TPSA) is 56.0 Å². The minimum absolute atomic E-state index is 0.611. The smallest absolute Gasteiger partial charge is 0.129 e. The molecule has 1 rings (SSSR count). The van der Waals surface area contributed by atoms with Gasteiger partial charge in [-0.2, -0.15) is 10.7 Å². The molecule has 1 fully saturated rings. The van der Waals surface area contributed by atoms with E-state index >= 15 is 0 Å². The van der Waals surface area contributed by atoms with Crippen molar-refractivity contribution in [3.63, 3.8) is 0 Å². The lowest BCUT2D eigenvalue weighted by Gasteiger charge is -2.15. The zero-order valence-electron chi connectivity index (χ0n) is 5.22. The maximum absolute atomic E-state index is 8.54. The van der Waals surface area contributed by atoms with Crippen LogP contribution in [0.4, 0.5) is 0 Å². The average molecular weight is 126 g/mol. The van der Waals surface area contributed by atoms with E-state index in [0.29, 0.717) is 0 Å². The molecule has 1 saturated carbocycles. The summed E-state index contributed by atoms with van der Waals surface area (Å²) < 4.78 is 0. The highest BCUT2D eigenvalue weighted by Crippen LogP contribution is 2.27. The number of nitriles is 1. The first-order valence-electron chi connectivity index (χ1n) is 3.15. The van der Waals surface area contributed by atoms with Gasteiger partial charge in [-0.25, -0.2) is 0 Å². The summed E-state index contributed by atoms with van der Waals surface area (Å²) in [5, 5.41) is 17.1. The van der Waals surface area contributed by atoms with Crippen LogP contribution < -0.4 is 5.48 Å². The first-order valence-corrected chi connectivity index (χ1v) is 3.15. The summed E-state index contributed by atoms with van der Waals surface area (Å²) >= 11 is 0. The van der Waals surface area contributed by atoms with Gasteiger partial charge in [0.05, 0.1) is 6.07 Å². The van der Waals surface area contributed by atoms with Crippen LogP contribution in [0.5, 0.6) is 0 Å². The summed E-state index contributed by atoms with van der Waals surface area (Å²) in [6.07, 6.45) is 3.64. The third-order valence-electron chi connectivity index (χ3n) is 1.89. The van der Waals surface area contributed by atoms with Crippen LogP contribution in [0.3, 0.4) is 0 Å². The van der Waals surface area contributed by atoms with Crippen molar-refractivity contribution in [3.8, 4) is 6.07 Å². The maximum Gasteiger partial charge on any atom is 0.129 e. The Balaban J connectivity index is 2.59. The van der Waals surface area contributed by atoms with Crippen LogP contribution in [0.25, 0.3) is 0 Å². The van der Waals surface area contributed by atoms with Gasteiger partial charge in [-0.1, -0.05) is 12.8 Å². The predicted octanol–water partition coefficient (Wildman–Crippen LogP) is 0.802. The summed E-state index contributed by atoms with van der Waals surface area (Å²) in [6, 6.07) is 2.07. The lowest BCUT2D eigenvalue weighted by Crippen LogP contribution is -2.38. The molecular formula is C6H10N2O. The lowest BCUT2D eigenvalue weighted by atomic mass is 10.0. The Morgan fingerprint density at radius 1 is 1.44 bits per heavy atom. The van der Waals surface area contributed by atoms with E-state index in [1.807, 2.05) is 0 Å². The van der Waals surface area contributed by atoms with Crippen molar-refractivity contribution >= 4 is 0 Å². The van der Waals surface area contributed by atoms with Crippen LogP contribution in [0.2, 0.25) is 0 Å². The summed E-state index contributed by atoms with van der Waals surface area (Å²) in [7, 11) is 0. The molecule has 0 bridgehead atoms. The molecular weight excluding hydrogens is 116 g/mol. The molecule has 0 atom stereocenters. The third kappa shape index (κ3) is 1.04. The molecule has 0 heterocycles. The van der Waals surface area contributed by atoms with E-state index < -0.39 is 5.54 Å². The van der Waals surface area contributed by atoms with E-state index in [2.05, 4.69) is 11.5 Å². The van der Waals surface area contributed by atoms with E-state index in [-0.39, 0.29) is 0 Å². The molecule has 0 aromatic carbocycles. The molecule has 0 aromatic rings. The Morgan fingerprint density at radius 2 is 2.00 bits per heavy atom. The van der Waals surface area contributed by atoms with Crippen LogP contribution >= 0.6 is 0 Å². The largest absolute Gasteiger partial charge is 0.315 e. The van der Waals surface area contributed by atoms with Gasteiger partial charge in [0.2, 0.25) is 0 Å². The lowest BCUT2D eigenvalue weighted by molar-refractivity contribution is 0.0949. The molecule has 0 radical (unpaired) electrons. The molecule has 0 aromatic heterocycles. The summed E-state index contributed by atoms with van der Waals surface area (Å²) in [4.78, 5) is 0. The number of hydrogen-bond donors (Lipinski definition) is 2. The number of nitrogens with one attached hydrogen (secondary N) is 1. The van der Waals surface area contributed by atoms with Gasteiger partial charge in [-0.05, 0) is 12.8 Å². The standard InChI is InChI=1S/C6H10N2O/c7-5-6(8-9)3-1-2-4-6/h8-9H,1-4H2. The van der Waals surface area contributed by atoms with Crippen molar-refractivity contribution < 1.29 is 5.21 Å². The summed E-state index contributed by atoms with van der Waals surface area (Å²) in [5.41, 5.74) is 1.45. The second-order valence-corrected chi connectivity index (χ2v) is 2.51. The van der Waals surface area contributed by atoms with E-state index in [4.69, 9.17) is 10.5 Å². The summed E-state index contributed by atoms with van der Waals surface area (Å²) in [6.45, 7) is 0. The zero-order chi connectivity index (χ0) is 6.74. The molecule has 0 amide bonds. The molecule has 1 aliphatic rings. The van der Waals surface area contributed by atoms with Crippen molar-refractivity contribution in [3.05, 3.63) is 0 Å². The Kier molecular flexibility index (Phi) is 1.70. The fourth-order valence-corrected chi connectivity index (χ4v) is 1.23. The van der Waals surface area contributed by atoms with Crippen molar-refractivity contribution in [1.29, 1.82) is 5.26 Å². The van der Waals surface area contributed by atoms with Crippen molar-refractivity contribution in [2.45, 2.75) is 31.2 Å². The molecule has 3 heteroatoms. The highest BCUT2D eigenvalue weighted by Gasteiger charge is 2.32. The molecule has 3 nitrogen and oxygen atoms in total. The number of nitrogens with zero attached hydrogens (tertiary/aromatic N) is 1. The average Bonchev–Trinajstić information content (AvgIpc) is 2.36. The van der Waals surface area contributed by atoms with Crippen LogP contribution in [0.1, 0.15) is 25.7 Å². The second kappa shape index (κ2) is 2.34. The van der Waals surface area contributed by atoms with Crippen molar-refractivity contribution in [2.75, 3.05) is 0 Å². The molecule has 0 aliphatic heterocycles. The van der Waals surface area contributed by atoms with Gasteiger partial charge >= 0.3 is 0 Å². The molecule has 0 saturated heterocycles. The highest BCUT2D eigenvalue weighted by molar-refractivity contribution is 5.07. The van der Waals surface area contributed by atoms with E-state index in [1.54, 1.807) is 0 Å². The van der Waals surface area contributed by atoms with Gasteiger partial charge in [-0.15, -0.1) is 0 Å². The van der Waals surface area contributed by atoms with Gasteiger partial charge in [0.25, 0.3) is 0 Å². The van der Waals surface area contributed by atoms with E-state index in [9.17, 15) is 0 Å². The Hall–Kier alpha value is -0.590. The second-order valence-electron chi connectivity index (χ2n) is 2.51. The molecule has 2 N–H and O–H groups in total. The minimum atomic E-state index is -0.611. The third-order valence-corrected chi connectivity index (χ3v) is 1.89.